The first kappa shape index (κ1) is 27.7. The molecular formula is C27H29N5O6S. The highest BCUT2D eigenvalue weighted by atomic mass is 32.2. The van der Waals surface area contributed by atoms with E-state index in [1.807, 2.05) is 20.8 Å². The molecule has 11 nitrogen and oxygen atoms in total. The van der Waals surface area contributed by atoms with Gasteiger partial charge in [0.25, 0.3) is 15.9 Å². The molecule has 4 rings (SSSR count). The number of rotatable bonds is 10. The van der Waals surface area contributed by atoms with Crippen LogP contribution in [0.3, 0.4) is 0 Å². The van der Waals surface area contributed by atoms with Crippen LogP contribution in [0.2, 0.25) is 0 Å². The Hall–Kier alpha value is -4.29. The van der Waals surface area contributed by atoms with Crippen molar-refractivity contribution < 1.29 is 27.7 Å². The van der Waals surface area contributed by atoms with Crippen molar-refractivity contribution in [2.45, 2.75) is 31.1 Å². The predicted octanol–water partition coefficient (Wildman–Crippen LogP) is 4.20. The number of sulfonamides is 1. The number of hydrogen-bond acceptors (Lipinski definition) is 10. The number of anilines is 1. The van der Waals surface area contributed by atoms with Gasteiger partial charge in [0.05, 0.1) is 18.6 Å². The third-order valence-electron chi connectivity index (χ3n) is 5.43. The Kier molecular flexibility index (Phi) is 8.27. The van der Waals surface area contributed by atoms with Gasteiger partial charge < -0.3 is 19.3 Å². The van der Waals surface area contributed by atoms with Crippen LogP contribution < -0.4 is 18.9 Å². The van der Waals surface area contributed by atoms with E-state index in [-0.39, 0.29) is 53.0 Å². The summed E-state index contributed by atoms with van der Waals surface area (Å²) in [4.78, 5) is 17.2. The number of ether oxygens (including phenoxy) is 3. The molecule has 2 aromatic carbocycles. The van der Waals surface area contributed by atoms with Crippen LogP contribution >= 0.6 is 0 Å². The van der Waals surface area contributed by atoms with Crippen molar-refractivity contribution in [3.05, 3.63) is 72.6 Å². The molecule has 0 aliphatic heterocycles. The van der Waals surface area contributed by atoms with Gasteiger partial charge in [-0.25, -0.2) is 23.4 Å². The monoisotopic (exact) mass is 551 g/mol. The fourth-order valence-electron chi connectivity index (χ4n) is 3.66. The molecule has 0 atom stereocenters. The van der Waals surface area contributed by atoms with Crippen molar-refractivity contribution in [2.75, 3.05) is 25.0 Å². The van der Waals surface area contributed by atoms with E-state index in [9.17, 15) is 13.5 Å². The van der Waals surface area contributed by atoms with Crippen LogP contribution in [0.25, 0.3) is 11.6 Å². The van der Waals surface area contributed by atoms with E-state index in [4.69, 9.17) is 14.2 Å². The molecule has 0 aliphatic rings. The summed E-state index contributed by atoms with van der Waals surface area (Å²) in [5.74, 6) is 0.279. The predicted molar refractivity (Wildman–Crippen MR) is 145 cm³/mol. The maximum atomic E-state index is 13.8. The summed E-state index contributed by atoms with van der Waals surface area (Å²) in [6.07, 6.45) is 3.01. The average Bonchev–Trinajstić information content (AvgIpc) is 2.93. The summed E-state index contributed by atoms with van der Waals surface area (Å²) in [6, 6.07) is 15.1. The van der Waals surface area contributed by atoms with E-state index in [2.05, 4.69) is 24.7 Å². The van der Waals surface area contributed by atoms with Gasteiger partial charge in [0.1, 0.15) is 6.61 Å². The highest BCUT2D eigenvalue weighted by molar-refractivity contribution is 7.92. The minimum Gasteiger partial charge on any atom is -0.493 e. The van der Waals surface area contributed by atoms with Crippen LogP contribution in [0, 0.1) is 0 Å². The molecule has 0 unspecified atom stereocenters. The fourth-order valence-corrected chi connectivity index (χ4v) is 5.09. The normalized spacial score (nSPS) is 11.6. The first-order chi connectivity index (χ1) is 18.6. The van der Waals surface area contributed by atoms with Gasteiger partial charge in [0.15, 0.2) is 23.1 Å². The second kappa shape index (κ2) is 11.6. The van der Waals surface area contributed by atoms with Crippen molar-refractivity contribution in [1.29, 1.82) is 0 Å². The third kappa shape index (κ3) is 6.41. The summed E-state index contributed by atoms with van der Waals surface area (Å²) in [5.41, 5.74) is 0.147. The maximum absolute atomic E-state index is 13.8. The molecule has 0 amide bonds. The molecule has 4 aromatic rings. The van der Waals surface area contributed by atoms with Gasteiger partial charge in [-0.1, -0.05) is 51.1 Å². The van der Waals surface area contributed by atoms with Crippen molar-refractivity contribution in [3.63, 3.8) is 0 Å². The lowest BCUT2D eigenvalue weighted by molar-refractivity contribution is 0.192. The van der Waals surface area contributed by atoms with Gasteiger partial charge in [0, 0.05) is 12.4 Å². The number of nitrogens with one attached hydrogen (secondary N) is 1. The van der Waals surface area contributed by atoms with E-state index in [0.29, 0.717) is 11.3 Å². The van der Waals surface area contributed by atoms with Crippen molar-refractivity contribution in [1.82, 2.24) is 19.9 Å². The summed E-state index contributed by atoms with van der Waals surface area (Å²) < 4.78 is 47.3. The zero-order valence-corrected chi connectivity index (χ0v) is 22.8. The number of methoxy groups -OCH3 is 1. The van der Waals surface area contributed by atoms with Crippen LogP contribution in [0.1, 0.15) is 26.3 Å². The fraction of sp³-hybridized carbons (Fsp3) is 0.259. The number of aromatic nitrogens is 4. The van der Waals surface area contributed by atoms with E-state index in [1.54, 1.807) is 48.5 Å². The Morgan fingerprint density at radius 3 is 2.23 bits per heavy atom. The molecule has 2 N–H and O–H groups in total. The summed E-state index contributed by atoms with van der Waals surface area (Å²) >= 11 is 0. The van der Waals surface area contributed by atoms with Crippen LogP contribution in [0.5, 0.6) is 23.1 Å². The largest absolute Gasteiger partial charge is 0.493 e. The van der Waals surface area contributed by atoms with Crippen molar-refractivity contribution in [2.24, 2.45) is 0 Å². The Morgan fingerprint density at radius 2 is 1.56 bits per heavy atom. The Labute approximate surface area is 226 Å². The third-order valence-corrected chi connectivity index (χ3v) is 6.82. The first-order valence-electron chi connectivity index (χ1n) is 12.0. The van der Waals surface area contributed by atoms with Gasteiger partial charge in [0.2, 0.25) is 11.6 Å². The Balaban J connectivity index is 1.92. The highest BCUT2D eigenvalue weighted by Crippen LogP contribution is 2.41. The van der Waals surface area contributed by atoms with Crippen molar-refractivity contribution in [3.8, 4) is 34.8 Å². The summed E-state index contributed by atoms with van der Waals surface area (Å²) in [7, 11) is -2.71. The smallest absolute Gasteiger partial charge is 0.263 e. The van der Waals surface area contributed by atoms with Crippen LogP contribution in [-0.4, -0.2) is 53.8 Å². The zero-order chi connectivity index (χ0) is 28.0. The number of aliphatic hydroxyl groups is 1. The quantitative estimate of drug-likeness (QED) is 0.294. The van der Waals surface area contributed by atoms with Crippen molar-refractivity contribution >= 4 is 15.8 Å². The zero-order valence-electron chi connectivity index (χ0n) is 22.0. The Morgan fingerprint density at radius 1 is 0.897 bits per heavy atom. The number of hydrogen-bond donors (Lipinski definition) is 2. The Bertz CT molecular complexity index is 1540. The maximum Gasteiger partial charge on any atom is 0.263 e. The lowest BCUT2D eigenvalue weighted by atomic mass is 9.87. The standard InChI is InChI=1S/C27H29N5O6S/c1-27(2,3)18-10-5-8-13-21(18)39(34,35)32-23-22(38-20-12-7-6-11-19(20)36-4)26(37-17-16-33)31-25(30-23)24-28-14-9-15-29-24/h5-15,33H,16-17H2,1-4H3,(H,30,31,32). The molecule has 0 spiro atoms. The summed E-state index contributed by atoms with van der Waals surface area (Å²) in [6.45, 7) is 5.30. The number of benzene rings is 2. The van der Waals surface area contributed by atoms with Gasteiger partial charge in [-0.2, -0.15) is 4.98 Å². The van der Waals surface area contributed by atoms with E-state index in [1.165, 1.54) is 25.6 Å². The second-order valence-electron chi connectivity index (χ2n) is 9.28. The molecule has 0 bridgehead atoms. The van der Waals surface area contributed by atoms with Crippen LogP contribution in [-0.2, 0) is 15.4 Å². The number of nitrogens with zero attached hydrogens (tertiary/aromatic N) is 4. The van der Waals surface area contributed by atoms with Gasteiger partial charge >= 0.3 is 0 Å². The molecule has 0 saturated heterocycles. The topological polar surface area (TPSA) is 146 Å². The minimum absolute atomic E-state index is 0.0160. The van der Waals surface area contributed by atoms with E-state index >= 15 is 0 Å². The molecule has 204 valence electrons. The molecule has 2 aromatic heterocycles. The molecule has 39 heavy (non-hydrogen) atoms. The minimum atomic E-state index is -4.19. The SMILES string of the molecule is COc1ccccc1Oc1c(NS(=O)(=O)c2ccccc2C(C)(C)C)nc(-c2ncccn2)nc1OCCO. The lowest BCUT2D eigenvalue weighted by Gasteiger charge is -2.23. The molecule has 0 radical (unpaired) electrons. The molecule has 0 saturated carbocycles. The van der Waals surface area contributed by atoms with Gasteiger partial charge in [-0.3, -0.25) is 4.72 Å². The van der Waals surface area contributed by atoms with Gasteiger partial charge in [-0.05, 0) is 35.2 Å². The molecule has 0 aliphatic carbocycles. The number of para-hydroxylation sites is 2. The van der Waals surface area contributed by atoms with Gasteiger partial charge in [-0.15, -0.1) is 0 Å². The second-order valence-corrected chi connectivity index (χ2v) is 10.9. The van der Waals surface area contributed by atoms with E-state index in [0.717, 1.165) is 0 Å². The molecule has 2 heterocycles. The average molecular weight is 552 g/mol. The van der Waals surface area contributed by atoms with Crippen LogP contribution in [0.4, 0.5) is 5.82 Å². The molecule has 12 heteroatoms. The van der Waals surface area contributed by atoms with Crippen LogP contribution in [0.15, 0.2) is 71.9 Å². The number of aliphatic hydroxyl groups excluding tert-OH is 1. The summed E-state index contributed by atoms with van der Waals surface area (Å²) in [5, 5.41) is 9.42. The molecular weight excluding hydrogens is 522 g/mol. The molecule has 0 fully saturated rings. The van der Waals surface area contributed by atoms with E-state index < -0.39 is 15.4 Å². The lowest BCUT2D eigenvalue weighted by Crippen LogP contribution is -2.22. The highest BCUT2D eigenvalue weighted by Gasteiger charge is 2.29. The first-order valence-corrected chi connectivity index (χ1v) is 13.5.